The zero-order valence-corrected chi connectivity index (χ0v) is 14.1. The summed E-state index contributed by atoms with van der Waals surface area (Å²) < 4.78 is 15.5. The minimum Gasteiger partial charge on any atom is -0.443 e. The van der Waals surface area contributed by atoms with E-state index in [0.717, 1.165) is 4.90 Å². The number of nitrogens with zero attached hydrogens (tertiary/aromatic N) is 1. The van der Waals surface area contributed by atoms with Gasteiger partial charge in [0, 0.05) is 13.7 Å². The summed E-state index contributed by atoms with van der Waals surface area (Å²) in [4.78, 5) is 25.2. The molecular formula is C14H28N2O5. The van der Waals surface area contributed by atoms with Crippen LogP contribution in [0.15, 0.2) is 0 Å². The highest BCUT2D eigenvalue weighted by molar-refractivity contribution is 5.88. The predicted octanol–water partition coefficient (Wildman–Crippen LogP) is 2.13. The number of amides is 2. The molecule has 0 fully saturated rings. The number of carbonyl (C=O) groups is 2. The molecule has 0 aliphatic rings. The Bertz CT molecular complexity index is 325. The van der Waals surface area contributed by atoms with Gasteiger partial charge in [0.2, 0.25) is 0 Å². The number of nitrogens with two attached hydrogens (primary N) is 1. The minimum absolute atomic E-state index is 0.0309. The lowest BCUT2D eigenvalue weighted by atomic mass is 10.2. The molecule has 0 aromatic rings. The second kappa shape index (κ2) is 7.61. The Hall–Kier alpha value is -1.34. The van der Waals surface area contributed by atoms with Gasteiger partial charge < -0.3 is 19.9 Å². The van der Waals surface area contributed by atoms with E-state index < -0.39 is 29.5 Å². The van der Waals surface area contributed by atoms with Crippen LogP contribution in [0.25, 0.3) is 0 Å². The van der Waals surface area contributed by atoms with E-state index in [2.05, 4.69) is 0 Å². The van der Waals surface area contributed by atoms with Crippen molar-refractivity contribution in [2.24, 2.45) is 5.73 Å². The van der Waals surface area contributed by atoms with Gasteiger partial charge in [-0.3, -0.25) is 0 Å². The molecule has 0 aliphatic carbocycles. The number of methoxy groups -OCH3 is 1. The van der Waals surface area contributed by atoms with Crippen molar-refractivity contribution >= 4 is 12.2 Å². The van der Waals surface area contributed by atoms with E-state index in [4.69, 9.17) is 19.9 Å². The van der Waals surface area contributed by atoms with Crippen LogP contribution in [0.2, 0.25) is 0 Å². The Balaban J connectivity index is 5.08. The smallest absolute Gasteiger partial charge is 0.419 e. The van der Waals surface area contributed by atoms with Crippen LogP contribution in [0.5, 0.6) is 0 Å². The van der Waals surface area contributed by atoms with Gasteiger partial charge >= 0.3 is 12.2 Å². The minimum atomic E-state index is -0.785. The quantitative estimate of drug-likeness (QED) is 0.855. The molecule has 0 heterocycles. The van der Waals surface area contributed by atoms with Crippen molar-refractivity contribution in [2.75, 3.05) is 20.2 Å². The van der Waals surface area contributed by atoms with Crippen molar-refractivity contribution in [2.45, 2.75) is 58.8 Å². The average molecular weight is 304 g/mol. The maximum Gasteiger partial charge on any atom is 0.419 e. The molecule has 0 rings (SSSR count). The summed E-state index contributed by atoms with van der Waals surface area (Å²) in [5.41, 5.74) is 4.09. The fourth-order valence-corrected chi connectivity index (χ4v) is 1.31. The fourth-order valence-electron chi connectivity index (χ4n) is 1.31. The Kier molecular flexibility index (Phi) is 7.12. The first-order chi connectivity index (χ1) is 9.39. The van der Waals surface area contributed by atoms with Crippen LogP contribution in [0.4, 0.5) is 9.59 Å². The topological polar surface area (TPSA) is 91.1 Å². The van der Waals surface area contributed by atoms with E-state index in [-0.39, 0.29) is 13.1 Å². The van der Waals surface area contributed by atoms with E-state index in [1.165, 1.54) is 7.11 Å². The summed E-state index contributed by atoms with van der Waals surface area (Å²) in [5, 5.41) is 0. The lowest BCUT2D eigenvalue weighted by molar-refractivity contribution is -0.0108. The lowest BCUT2D eigenvalue weighted by Gasteiger charge is -2.30. The first-order valence-corrected chi connectivity index (χ1v) is 6.86. The summed E-state index contributed by atoms with van der Waals surface area (Å²) in [5.74, 6) is 0. The highest BCUT2D eigenvalue weighted by Crippen LogP contribution is 2.15. The van der Waals surface area contributed by atoms with Crippen molar-refractivity contribution in [1.82, 2.24) is 4.90 Å². The van der Waals surface area contributed by atoms with Crippen LogP contribution in [0.1, 0.15) is 41.5 Å². The molecule has 1 unspecified atom stereocenters. The van der Waals surface area contributed by atoms with Gasteiger partial charge in [0.25, 0.3) is 0 Å². The second-order valence-corrected chi connectivity index (χ2v) is 6.66. The molecule has 7 heteroatoms. The zero-order chi connectivity index (χ0) is 16.8. The molecule has 0 saturated carbocycles. The van der Waals surface area contributed by atoms with Crippen LogP contribution in [-0.2, 0) is 14.2 Å². The largest absolute Gasteiger partial charge is 0.443 e. The van der Waals surface area contributed by atoms with Crippen LogP contribution in [-0.4, -0.2) is 54.6 Å². The lowest BCUT2D eigenvalue weighted by Crippen LogP contribution is -2.48. The summed E-state index contributed by atoms with van der Waals surface area (Å²) in [6.07, 6.45) is -2.05. The van der Waals surface area contributed by atoms with Gasteiger partial charge in [-0.1, -0.05) is 0 Å². The number of rotatable bonds is 4. The van der Waals surface area contributed by atoms with E-state index in [1.54, 1.807) is 41.5 Å². The number of hydrogen-bond donors (Lipinski definition) is 1. The average Bonchev–Trinajstić information content (AvgIpc) is 2.25. The van der Waals surface area contributed by atoms with Gasteiger partial charge in [-0.25, -0.2) is 14.5 Å². The van der Waals surface area contributed by atoms with Crippen LogP contribution in [0, 0.1) is 0 Å². The molecule has 124 valence electrons. The van der Waals surface area contributed by atoms with Crippen molar-refractivity contribution in [1.29, 1.82) is 0 Å². The third-order valence-corrected chi connectivity index (χ3v) is 2.21. The summed E-state index contributed by atoms with van der Waals surface area (Å²) >= 11 is 0. The summed E-state index contributed by atoms with van der Waals surface area (Å²) in [6, 6.07) is 0. The Labute approximate surface area is 126 Å². The van der Waals surface area contributed by atoms with E-state index in [1.807, 2.05) is 0 Å². The molecule has 7 nitrogen and oxygen atoms in total. The fraction of sp³-hybridized carbons (Fsp3) is 0.857. The second-order valence-electron chi connectivity index (χ2n) is 6.66. The van der Waals surface area contributed by atoms with Gasteiger partial charge in [0.05, 0.1) is 12.6 Å². The first kappa shape index (κ1) is 19.7. The van der Waals surface area contributed by atoms with Crippen molar-refractivity contribution < 1.29 is 23.8 Å². The molecule has 1 atom stereocenters. The molecule has 0 spiro atoms. The molecule has 0 bridgehead atoms. The van der Waals surface area contributed by atoms with E-state index in [9.17, 15) is 9.59 Å². The Morgan fingerprint density at radius 3 is 1.62 bits per heavy atom. The number of hydrogen-bond acceptors (Lipinski definition) is 6. The molecule has 0 aliphatic heterocycles. The molecule has 0 aromatic carbocycles. The molecule has 0 aromatic heterocycles. The van der Waals surface area contributed by atoms with E-state index in [0.29, 0.717) is 0 Å². The number of ether oxygens (including phenoxy) is 3. The number of carbonyl (C=O) groups excluding carboxylic acids is 2. The van der Waals surface area contributed by atoms with Gasteiger partial charge in [0.1, 0.15) is 11.2 Å². The standard InChI is InChI=1S/C14H28N2O5/c1-13(2,3)20-11(17)16(9-10(8-15)19-7)12(18)21-14(4,5)6/h10H,8-9,15H2,1-7H3. The van der Waals surface area contributed by atoms with Crippen LogP contribution < -0.4 is 5.73 Å². The van der Waals surface area contributed by atoms with Gasteiger partial charge in [-0.15, -0.1) is 0 Å². The SMILES string of the molecule is COC(CN)CN(C(=O)OC(C)(C)C)C(=O)OC(C)(C)C. The maximum absolute atomic E-state index is 12.2. The molecule has 2 amide bonds. The summed E-state index contributed by atoms with van der Waals surface area (Å²) in [6.45, 7) is 10.4. The molecule has 2 N–H and O–H groups in total. The van der Waals surface area contributed by atoms with Crippen molar-refractivity contribution in [3.05, 3.63) is 0 Å². The zero-order valence-electron chi connectivity index (χ0n) is 14.1. The Morgan fingerprint density at radius 1 is 1.00 bits per heavy atom. The normalized spacial score (nSPS) is 13.5. The van der Waals surface area contributed by atoms with Crippen molar-refractivity contribution in [3.63, 3.8) is 0 Å². The molecule has 0 radical (unpaired) electrons. The van der Waals surface area contributed by atoms with Gasteiger partial charge in [-0.05, 0) is 41.5 Å². The monoisotopic (exact) mass is 304 g/mol. The Morgan fingerprint density at radius 2 is 1.38 bits per heavy atom. The van der Waals surface area contributed by atoms with Crippen LogP contribution in [0.3, 0.4) is 0 Å². The molecular weight excluding hydrogens is 276 g/mol. The predicted molar refractivity (Wildman–Crippen MR) is 79.0 cm³/mol. The number of imide groups is 1. The van der Waals surface area contributed by atoms with Gasteiger partial charge in [0.15, 0.2) is 0 Å². The maximum atomic E-state index is 12.2. The molecule has 21 heavy (non-hydrogen) atoms. The van der Waals surface area contributed by atoms with E-state index >= 15 is 0 Å². The van der Waals surface area contributed by atoms with Crippen molar-refractivity contribution in [3.8, 4) is 0 Å². The third kappa shape index (κ3) is 8.52. The summed E-state index contributed by atoms with van der Waals surface area (Å²) in [7, 11) is 1.46. The molecule has 0 saturated heterocycles. The highest BCUT2D eigenvalue weighted by atomic mass is 16.6. The highest BCUT2D eigenvalue weighted by Gasteiger charge is 2.32. The van der Waals surface area contributed by atoms with Gasteiger partial charge in [-0.2, -0.15) is 0 Å². The third-order valence-electron chi connectivity index (χ3n) is 2.21. The first-order valence-electron chi connectivity index (χ1n) is 6.86. The van der Waals surface area contributed by atoms with Crippen LogP contribution >= 0.6 is 0 Å².